The zero-order valence-electron chi connectivity index (χ0n) is 13.3. The average Bonchev–Trinajstić information content (AvgIpc) is 2.59. The molecule has 3 N–H and O–H groups in total. The minimum Gasteiger partial charge on any atom is -0.302 e. The van der Waals surface area contributed by atoms with Crippen molar-refractivity contribution < 1.29 is 4.84 Å². The Kier molecular flexibility index (Phi) is 4.16. The lowest BCUT2D eigenvalue weighted by atomic mass is 9.89. The Hall–Kier alpha value is -2.23. The Morgan fingerprint density at radius 1 is 1.26 bits per heavy atom. The summed E-state index contributed by atoms with van der Waals surface area (Å²) in [4.78, 5) is 5.65. The van der Waals surface area contributed by atoms with Crippen LogP contribution in [0.4, 0.5) is 0 Å². The molecule has 5 heteroatoms. The van der Waals surface area contributed by atoms with E-state index in [1.165, 1.54) is 0 Å². The van der Waals surface area contributed by atoms with Crippen LogP contribution in [0.2, 0.25) is 0 Å². The van der Waals surface area contributed by atoms with Gasteiger partial charge in [0.05, 0.1) is 23.8 Å². The molecule has 0 aliphatic carbocycles. The molecule has 0 aromatic heterocycles. The highest BCUT2D eigenvalue weighted by Crippen LogP contribution is 2.29. The second kappa shape index (κ2) is 6.11. The van der Waals surface area contributed by atoms with Gasteiger partial charge in [0, 0.05) is 7.05 Å². The zero-order chi connectivity index (χ0) is 16.4. The second-order valence-electron chi connectivity index (χ2n) is 6.01. The van der Waals surface area contributed by atoms with Crippen molar-refractivity contribution in [2.24, 2.45) is 5.73 Å². The molecule has 2 aromatic carbocycles. The lowest BCUT2D eigenvalue weighted by Gasteiger charge is -2.42. The SMILES string of the molecule is CN1OCC(C)(c2cccc(-c3ccc(C#N)cc3)c2)NC1N. The Morgan fingerprint density at radius 3 is 2.65 bits per heavy atom. The van der Waals surface area contributed by atoms with Gasteiger partial charge in [0.2, 0.25) is 0 Å². The molecule has 0 amide bonds. The maximum Gasteiger partial charge on any atom is 0.135 e. The lowest BCUT2D eigenvalue weighted by molar-refractivity contribution is -0.227. The van der Waals surface area contributed by atoms with Crippen LogP contribution in [-0.2, 0) is 10.4 Å². The van der Waals surface area contributed by atoms with E-state index in [1.807, 2.05) is 37.4 Å². The summed E-state index contributed by atoms with van der Waals surface area (Å²) in [6.45, 7) is 2.59. The number of rotatable bonds is 2. The van der Waals surface area contributed by atoms with Gasteiger partial charge in [-0.2, -0.15) is 10.3 Å². The molecular weight excluding hydrogens is 288 g/mol. The molecule has 2 unspecified atom stereocenters. The number of nitriles is 1. The Balaban J connectivity index is 1.92. The summed E-state index contributed by atoms with van der Waals surface area (Å²) in [6, 6.07) is 18.0. The third-order valence-electron chi connectivity index (χ3n) is 4.26. The van der Waals surface area contributed by atoms with Gasteiger partial charge in [-0.15, -0.1) is 0 Å². The van der Waals surface area contributed by atoms with E-state index in [0.29, 0.717) is 12.2 Å². The summed E-state index contributed by atoms with van der Waals surface area (Å²) in [5.41, 5.74) is 9.63. The molecule has 2 aromatic rings. The zero-order valence-corrected chi connectivity index (χ0v) is 13.3. The van der Waals surface area contributed by atoms with E-state index in [0.717, 1.165) is 16.7 Å². The van der Waals surface area contributed by atoms with Gasteiger partial charge in [-0.05, 0) is 41.8 Å². The largest absolute Gasteiger partial charge is 0.302 e. The van der Waals surface area contributed by atoms with E-state index < -0.39 is 0 Å². The van der Waals surface area contributed by atoms with Crippen LogP contribution >= 0.6 is 0 Å². The fourth-order valence-electron chi connectivity index (χ4n) is 2.72. The summed E-state index contributed by atoms with van der Waals surface area (Å²) in [7, 11) is 1.81. The van der Waals surface area contributed by atoms with Gasteiger partial charge >= 0.3 is 0 Å². The summed E-state index contributed by atoms with van der Waals surface area (Å²) < 4.78 is 0. The van der Waals surface area contributed by atoms with Crippen molar-refractivity contribution in [1.82, 2.24) is 10.4 Å². The first-order chi connectivity index (χ1) is 11.0. The van der Waals surface area contributed by atoms with Crippen LogP contribution < -0.4 is 11.1 Å². The average molecular weight is 308 g/mol. The van der Waals surface area contributed by atoms with Crippen LogP contribution in [-0.4, -0.2) is 25.0 Å². The molecule has 0 radical (unpaired) electrons. The minimum atomic E-state index is -0.354. The quantitative estimate of drug-likeness (QED) is 0.889. The molecular formula is C18H20N4O. The van der Waals surface area contributed by atoms with Gasteiger partial charge in [0.15, 0.2) is 0 Å². The van der Waals surface area contributed by atoms with Crippen molar-refractivity contribution in [3.63, 3.8) is 0 Å². The minimum absolute atomic E-state index is 0.353. The van der Waals surface area contributed by atoms with Crippen molar-refractivity contribution in [1.29, 1.82) is 5.26 Å². The molecule has 1 saturated heterocycles. The molecule has 1 aliphatic rings. The highest BCUT2D eigenvalue weighted by molar-refractivity contribution is 5.65. The van der Waals surface area contributed by atoms with Crippen molar-refractivity contribution in [3.05, 3.63) is 59.7 Å². The Morgan fingerprint density at radius 2 is 2.00 bits per heavy atom. The van der Waals surface area contributed by atoms with E-state index >= 15 is 0 Å². The van der Waals surface area contributed by atoms with Crippen LogP contribution in [0.1, 0.15) is 18.1 Å². The fraction of sp³-hybridized carbons (Fsp3) is 0.278. The van der Waals surface area contributed by atoms with Crippen LogP contribution in [0.15, 0.2) is 48.5 Å². The van der Waals surface area contributed by atoms with E-state index in [4.69, 9.17) is 15.8 Å². The monoisotopic (exact) mass is 308 g/mol. The van der Waals surface area contributed by atoms with Gasteiger partial charge in [-0.1, -0.05) is 30.3 Å². The standard InChI is InChI=1S/C18H20N4O/c1-18(12-23-22(2)17(20)21-18)16-5-3-4-15(10-16)14-8-6-13(11-19)7-9-14/h3-10,17,21H,12,20H2,1-2H3. The number of hydrogen-bond acceptors (Lipinski definition) is 5. The molecule has 23 heavy (non-hydrogen) atoms. The Labute approximate surface area is 136 Å². The highest BCUT2D eigenvalue weighted by atomic mass is 16.7. The molecule has 0 saturated carbocycles. The first-order valence-electron chi connectivity index (χ1n) is 7.52. The molecule has 5 nitrogen and oxygen atoms in total. The lowest BCUT2D eigenvalue weighted by Crippen LogP contribution is -2.64. The van der Waals surface area contributed by atoms with Crippen LogP contribution in [0.25, 0.3) is 11.1 Å². The van der Waals surface area contributed by atoms with Gasteiger partial charge in [0.1, 0.15) is 6.29 Å². The first kappa shape index (κ1) is 15.7. The molecule has 1 fully saturated rings. The van der Waals surface area contributed by atoms with Crippen molar-refractivity contribution >= 4 is 0 Å². The number of nitrogens with two attached hydrogens (primary N) is 1. The maximum absolute atomic E-state index is 8.91. The van der Waals surface area contributed by atoms with E-state index in [-0.39, 0.29) is 11.8 Å². The number of hydroxylamine groups is 2. The summed E-state index contributed by atoms with van der Waals surface area (Å²) in [5.74, 6) is 0. The van der Waals surface area contributed by atoms with Crippen molar-refractivity contribution in [2.75, 3.05) is 13.7 Å². The summed E-state index contributed by atoms with van der Waals surface area (Å²) >= 11 is 0. The third-order valence-corrected chi connectivity index (χ3v) is 4.26. The van der Waals surface area contributed by atoms with Gasteiger partial charge in [-0.25, -0.2) is 0 Å². The molecule has 118 valence electrons. The van der Waals surface area contributed by atoms with Crippen LogP contribution in [0.3, 0.4) is 0 Å². The topological polar surface area (TPSA) is 74.3 Å². The van der Waals surface area contributed by atoms with Crippen molar-refractivity contribution in [3.8, 4) is 17.2 Å². The van der Waals surface area contributed by atoms with E-state index in [1.54, 1.807) is 5.06 Å². The number of hydrogen-bond donors (Lipinski definition) is 2. The van der Waals surface area contributed by atoms with Gasteiger partial charge < -0.3 is 5.73 Å². The fourth-order valence-corrected chi connectivity index (χ4v) is 2.72. The number of benzene rings is 2. The van der Waals surface area contributed by atoms with Crippen LogP contribution in [0, 0.1) is 11.3 Å². The normalized spacial score (nSPS) is 25.0. The number of nitrogens with one attached hydrogen (secondary N) is 1. The second-order valence-corrected chi connectivity index (χ2v) is 6.01. The summed E-state index contributed by atoms with van der Waals surface area (Å²) in [5, 5.41) is 13.9. The third kappa shape index (κ3) is 3.11. The van der Waals surface area contributed by atoms with Crippen LogP contribution in [0.5, 0.6) is 0 Å². The molecule has 3 rings (SSSR count). The molecule has 1 aliphatic heterocycles. The predicted octanol–water partition coefficient (Wildman–Crippen LogP) is 2.15. The first-order valence-corrected chi connectivity index (χ1v) is 7.52. The molecule has 2 atom stereocenters. The summed E-state index contributed by atoms with van der Waals surface area (Å²) in [6.07, 6.45) is -0.354. The van der Waals surface area contributed by atoms with Gasteiger partial charge in [-0.3, -0.25) is 10.2 Å². The maximum atomic E-state index is 8.91. The molecule has 0 spiro atoms. The molecule has 1 heterocycles. The molecule has 0 bridgehead atoms. The van der Waals surface area contributed by atoms with Crippen molar-refractivity contribution in [2.45, 2.75) is 18.8 Å². The highest BCUT2D eigenvalue weighted by Gasteiger charge is 2.35. The predicted molar refractivity (Wildman–Crippen MR) is 88.8 cm³/mol. The van der Waals surface area contributed by atoms with E-state index in [2.05, 4.69) is 36.5 Å². The van der Waals surface area contributed by atoms with E-state index in [9.17, 15) is 0 Å². The Bertz CT molecular complexity index is 737. The smallest absolute Gasteiger partial charge is 0.135 e. The van der Waals surface area contributed by atoms with Gasteiger partial charge in [0.25, 0.3) is 0 Å². The number of nitrogens with zero attached hydrogens (tertiary/aromatic N) is 2.